The van der Waals surface area contributed by atoms with Crippen LogP contribution in [0.3, 0.4) is 0 Å². The Labute approximate surface area is 223 Å². The van der Waals surface area contributed by atoms with Crippen LogP contribution in [0.4, 0.5) is 4.79 Å². The summed E-state index contributed by atoms with van der Waals surface area (Å²) in [7, 11) is 4.37. The highest BCUT2D eigenvalue weighted by atomic mass is 16.3. The van der Waals surface area contributed by atoms with Crippen LogP contribution in [-0.2, 0) is 10.3 Å². The van der Waals surface area contributed by atoms with Crippen molar-refractivity contribution in [1.29, 1.82) is 0 Å². The van der Waals surface area contributed by atoms with E-state index in [9.17, 15) is 14.7 Å². The van der Waals surface area contributed by atoms with Gasteiger partial charge in [-0.1, -0.05) is 56.0 Å². The summed E-state index contributed by atoms with van der Waals surface area (Å²) in [5.74, 6) is 0.697. The lowest BCUT2D eigenvalue weighted by molar-refractivity contribution is -0.121. The van der Waals surface area contributed by atoms with Gasteiger partial charge in [0.2, 0.25) is 0 Å². The predicted molar refractivity (Wildman–Crippen MR) is 146 cm³/mol. The standard InChI is InChI=1S/C31H47N3O3/c1-32(2)31(26-12-5-3-6-13-26)20-18-29(19-21-31)24-33(28(36)34(29)22-25-10-9-11-25)23-27(35)14-17-30(37)15-7-4-8-16-30/h3,5-6,12-13,25,37H,4,7-11,14-24H2,1-2H3. The molecule has 4 aliphatic rings. The normalized spacial score (nSPS) is 30.2. The number of ketones is 1. The van der Waals surface area contributed by atoms with Crippen molar-refractivity contribution in [2.75, 3.05) is 33.7 Å². The fraction of sp³-hybridized carbons (Fsp3) is 0.742. The predicted octanol–water partition coefficient (Wildman–Crippen LogP) is 5.34. The minimum absolute atomic E-state index is 0.0175. The monoisotopic (exact) mass is 509 g/mol. The van der Waals surface area contributed by atoms with Crippen molar-refractivity contribution in [3.63, 3.8) is 0 Å². The Kier molecular flexibility index (Phi) is 7.70. The molecular formula is C31H47N3O3. The molecule has 0 atom stereocenters. The number of aliphatic hydroxyl groups is 1. The summed E-state index contributed by atoms with van der Waals surface area (Å²) in [4.78, 5) is 33.2. The molecule has 2 amide bonds. The molecule has 1 aromatic carbocycles. The Morgan fingerprint density at radius 2 is 1.65 bits per heavy atom. The second kappa shape index (κ2) is 10.7. The number of nitrogens with zero attached hydrogens (tertiary/aromatic N) is 3. The van der Waals surface area contributed by atoms with Gasteiger partial charge < -0.3 is 14.9 Å². The Balaban J connectivity index is 1.28. The summed E-state index contributed by atoms with van der Waals surface area (Å²) in [6.45, 7) is 1.69. The Hall–Kier alpha value is -1.92. The van der Waals surface area contributed by atoms with Crippen LogP contribution in [0.5, 0.6) is 0 Å². The largest absolute Gasteiger partial charge is 0.390 e. The van der Waals surface area contributed by atoms with Gasteiger partial charge in [0, 0.05) is 25.0 Å². The molecule has 1 N–H and O–H groups in total. The highest BCUT2D eigenvalue weighted by Crippen LogP contribution is 2.49. The van der Waals surface area contributed by atoms with Crippen LogP contribution in [-0.4, -0.2) is 76.5 Å². The molecule has 0 aromatic heterocycles. The molecule has 1 saturated heterocycles. The molecule has 3 saturated carbocycles. The lowest BCUT2D eigenvalue weighted by atomic mass is 9.68. The maximum atomic E-state index is 13.8. The molecule has 37 heavy (non-hydrogen) atoms. The molecule has 6 heteroatoms. The number of hydrogen-bond donors (Lipinski definition) is 1. The van der Waals surface area contributed by atoms with Gasteiger partial charge in [0.05, 0.1) is 17.7 Å². The molecule has 5 rings (SSSR count). The van der Waals surface area contributed by atoms with E-state index in [4.69, 9.17) is 0 Å². The van der Waals surface area contributed by atoms with Gasteiger partial charge in [0.25, 0.3) is 0 Å². The van der Waals surface area contributed by atoms with Gasteiger partial charge in [-0.2, -0.15) is 0 Å². The summed E-state index contributed by atoms with van der Waals surface area (Å²) in [5, 5.41) is 10.8. The number of hydrogen-bond acceptors (Lipinski definition) is 4. The van der Waals surface area contributed by atoms with Crippen molar-refractivity contribution in [1.82, 2.24) is 14.7 Å². The van der Waals surface area contributed by atoms with Crippen LogP contribution < -0.4 is 0 Å². The second-order valence-corrected chi connectivity index (χ2v) is 12.9. The van der Waals surface area contributed by atoms with E-state index in [1.807, 2.05) is 4.90 Å². The number of benzene rings is 1. The average Bonchev–Trinajstić information content (AvgIpc) is 3.11. The summed E-state index contributed by atoms with van der Waals surface area (Å²) in [5.41, 5.74) is 0.480. The molecule has 0 unspecified atom stereocenters. The second-order valence-electron chi connectivity index (χ2n) is 12.9. The van der Waals surface area contributed by atoms with Crippen molar-refractivity contribution in [2.45, 2.75) is 107 Å². The van der Waals surface area contributed by atoms with E-state index in [2.05, 4.69) is 54.2 Å². The zero-order valence-electron chi connectivity index (χ0n) is 23.1. The average molecular weight is 510 g/mol. The third-order valence-electron chi connectivity index (χ3n) is 10.4. The zero-order valence-corrected chi connectivity index (χ0v) is 23.1. The fourth-order valence-electron chi connectivity index (χ4n) is 7.63. The van der Waals surface area contributed by atoms with E-state index in [0.29, 0.717) is 25.3 Å². The van der Waals surface area contributed by atoms with Crippen LogP contribution in [0.1, 0.15) is 95.5 Å². The number of carbonyl (C=O) groups is 2. The summed E-state index contributed by atoms with van der Waals surface area (Å²) in [6.07, 6.45) is 13.4. The van der Waals surface area contributed by atoms with Crippen molar-refractivity contribution in [2.24, 2.45) is 5.92 Å². The number of Topliss-reactive ketones (excluding diaryl/α,β-unsaturated/α-hetero) is 1. The van der Waals surface area contributed by atoms with E-state index < -0.39 is 5.60 Å². The summed E-state index contributed by atoms with van der Waals surface area (Å²) >= 11 is 0. The van der Waals surface area contributed by atoms with Crippen LogP contribution in [0.25, 0.3) is 0 Å². The molecule has 204 valence electrons. The molecule has 6 nitrogen and oxygen atoms in total. The first kappa shape index (κ1) is 26.7. The molecule has 0 radical (unpaired) electrons. The van der Waals surface area contributed by atoms with Gasteiger partial charge in [-0.15, -0.1) is 0 Å². The third-order valence-corrected chi connectivity index (χ3v) is 10.4. The number of rotatable bonds is 9. The molecule has 4 fully saturated rings. The van der Waals surface area contributed by atoms with Crippen molar-refractivity contribution in [3.8, 4) is 0 Å². The van der Waals surface area contributed by atoms with Gasteiger partial charge in [0.15, 0.2) is 5.78 Å². The summed E-state index contributed by atoms with van der Waals surface area (Å²) < 4.78 is 0. The van der Waals surface area contributed by atoms with Gasteiger partial charge >= 0.3 is 6.03 Å². The molecule has 1 aromatic rings. The maximum absolute atomic E-state index is 13.8. The molecule has 0 bridgehead atoms. The Morgan fingerprint density at radius 1 is 0.973 bits per heavy atom. The highest BCUT2D eigenvalue weighted by Gasteiger charge is 2.55. The van der Waals surface area contributed by atoms with E-state index in [-0.39, 0.29) is 29.4 Å². The van der Waals surface area contributed by atoms with Crippen LogP contribution >= 0.6 is 0 Å². The molecule has 3 aliphatic carbocycles. The minimum atomic E-state index is -0.684. The third kappa shape index (κ3) is 5.34. The molecule has 1 heterocycles. The molecule has 1 spiro atoms. The maximum Gasteiger partial charge on any atom is 0.321 e. The van der Waals surface area contributed by atoms with Crippen LogP contribution in [0, 0.1) is 5.92 Å². The van der Waals surface area contributed by atoms with E-state index >= 15 is 0 Å². The lowest BCUT2D eigenvalue weighted by Gasteiger charge is -2.51. The minimum Gasteiger partial charge on any atom is -0.390 e. The zero-order chi connectivity index (χ0) is 26.1. The quantitative estimate of drug-likeness (QED) is 0.488. The van der Waals surface area contributed by atoms with E-state index in [1.54, 1.807) is 0 Å². The molecular weight excluding hydrogens is 462 g/mol. The van der Waals surface area contributed by atoms with Gasteiger partial charge in [-0.3, -0.25) is 9.69 Å². The van der Waals surface area contributed by atoms with Crippen molar-refractivity contribution >= 4 is 11.8 Å². The van der Waals surface area contributed by atoms with Crippen molar-refractivity contribution < 1.29 is 14.7 Å². The molecule has 1 aliphatic heterocycles. The number of urea groups is 1. The lowest BCUT2D eigenvalue weighted by Crippen LogP contribution is -2.56. The number of carbonyl (C=O) groups excluding carboxylic acids is 2. The first-order valence-electron chi connectivity index (χ1n) is 14.8. The van der Waals surface area contributed by atoms with Crippen LogP contribution in [0.15, 0.2) is 30.3 Å². The smallest absolute Gasteiger partial charge is 0.321 e. The van der Waals surface area contributed by atoms with Crippen LogP contribution in [0.2, 0.25) is 0 Å². The topological polar surface area (TPSA) is 64.1 Å². The first-order valence-corrected chi connectivity index (χ1v) is 14.8. The van der Waals surface area contributed by atoms with Gasteiger partial charge in [0.1, 0.15) is 0 Å². The first-order chi connectivity index (χ1) is 17.8. The summed E-state index contributed by atoms with van der Waals surface area (Å²) in [6, 6.07) is 10.9. The van der Waals surface area contributed by atoms with E-state index in [0.717, 1.165) is 57.9 Å². The Morgan fingerprint density at radius 3 is 2.24 bits per heavy atom. The van der Waals surface area contributed by atoms with Gasteiger partial charge in [-0.25, -0.2) is 4.79 Å². The van der Waals surface area contributed by atoms with Crippen molar-refractivity contribution in [3.05, 3.63) is 35.9 Å². The Bertz CT molecular complexity index is 944. The van der Waals surface area contributed by atoms with E-state index in [1.165, 1.54) is 31.2 Å². The highest BCUT2D eigenvalue weighted by molar-refractivity contribution is 5.87. The van der Waals surface area contributed by atoms with Gasteiger partial charge in [-0.05, 0) is 83.4 Å². The number of amides is 2. The fourth-order valence-corrected chi connectivity index (χ4v) is 7.63. The SMILES string of the molecule is CN(C)C1(c2ccccc2)CCC2(CC1)CN(CC(=O)CCC1(O)CCCCC1)C(=O)N2CC1CCC1.